The molecule has 0 radical (unpaired) electrons. The molecule has 114 valence electrons. The second-order valence-electron chi connectivity index (χ2n) is 5.41. The lowest BCUT2D eigenvalue weighted by atomic mass is 10.0. The number of fused-ring (bicyclic) bond motifs is 1. The number of aliphatic hydroxyl groups excluding tert-OH is 1. The number of aromatic nitrogens is 1. The molecule has 3 rings (SSSR count). The summed E-state index contributed by atoms with van der Waals surface area (Å²) in [5, 5.41) is 13.4. The number of aliphatic hydroxyl groups is 1. The molecule has 0 saturated carbocycles. The monoisotopic (exact) mass is 296 g/mol. The number of nitrogens with zero attached hydrogens (tertiary/aromatic N) is 2. The van der Waals surface area contributed by atoms with Crippen LogP contribution in [-0.4, -0.2) is 36.0 Å². The molecule has 0 bridgehead atoms. The molecule has 2 heterocycles. The average molecular weight is 296 g/mol. The van der Waals surface area contributed by atoms with Gasteiger partial charge >= 0.3 is 0 Å². The van der Waals surface area contributed by atoms with E-state index >= 15 is 0 Å². The van der Waals surface area contributed by atoms with Gasteiger partial charge in [-0.15, -0.1) is 0 Å². The van der Waals surface area contributed by atoms with Gasteiger partial charge in [-0.05, 0) is 36.6 Å². The van der Waals surface area contributed by atoms with Crippen molar-refractivity contribution in [1.82, 2.24) is 4.98 Å². The first-order valence-corrected chi connectivity index (χ1v) is 7.44. The Kier molecular flexibility index (Phi) is 4.06. The van der Waals surface area contributed by atoms with E-state index in [9.17, 15) is 0 Å². The molecule has 0 saturated heterocycles. The summed E-state index contributed by atoms with van der Waals surface area (Å²) in [6.45, 7) is 3.55. The number of anilines is 2. The maximum Gasteiger partial charge on any atom is 0.129 e. The van der Waals surface area contributed by atoms with Gasteiger partial charge in [0.1, 0.15) is 5.82 Å². The Morgan fingerprint density at radius 3 is 2.95 bits per heavy atom. The van der Waals surface area contributed by atoms with Gasteiger partial charge in [0.25, 0.3) is 0 Å². The van der Waals surface area contributed by atoms with Gasteiger partial charge in [0, 0.05) is 30.3 Å². The number of benzene rings is 1. The molecular weight excluding hydrogens is 276 g/mol. The van der Waals surface area contributed by atoms with Gasteiger partial charge in [-0.2, -0.15) is 0 Å². The van der Waals surface area contributed by atoms with Crippen molar-refractivity contribution in [3.8, 4) is 0 Å². The number of rotatable bonds is 5. The van der Waals surface area contributed by atoms with Crippen molar-refractivity contribution >= 4 is 34.2 Å². The minimum Gasteiger partial charge on any atom is -0.396 e. The molecule has 4 N–H and O–H groups in total. The largest absolute Gasteiger partial charge is 0.396 e. The molecule has 0 fully saturated rings. The molecule has 0 atom stereocenters. The lowest BCUT2D eigenvalue weighted by Crippen LogP contribution is -2.08. The Hall–Kier alpha value is -2.40. The van der Waals surface area contributed by atoms with Gasteiger partial charge in [0.05, 0.1) is 17.7 Å². The molecule has 0 spiro atoms. The normalized spacial score (nSPS) is 13.6. The second kappa shape index (κ2) is 6.15. The van der Waals surface area contributed by atoms with Gasteiger partial charge in [0.15, 0.2) is 0 Å². The summed E-state index contributed by atoms with van der Waals surface area (Å²) >= 11 is 0. The van der Waals surface area contributed by atoms with E-state index < -0.39 is 0 Å². The highest BCUT2D eigenvalue weighted by atomic mass is 16.3. The molecule has 0 unspecified atom stereocenters. The first-order valence-electron chi connectivity index (χ1n) is 7.44. The maximum atomic E-state index is 8.94. The number of aliphatic imine (C=N–C) groups is 1. The SMILES string of the molecule is Cc1c(N)nc2cc(C3=CC=NC3)ccc2c1NCCCO. The number of hydrogen-bond acceptors (Lipinski definition) is 5. The van der Waals surface area contributed by atoms with E-state index in [0.717, 1.165) is 27.7 Å². The lowest BCUT2D eigenvalue weighted by molar-refractivity contribution is 0.292. The zero-order chi connectivity index (χ0) is 15.5. The first kappa shape index (κ1) is 14.5. The number of allylic oxidation sites excluding steroid dienone is 1. The first-order chi connectivity index (χ1) is 10.7. The van der Waals surface area contributed by atoms with Gasteiger partial charge < -0.3 is 16.2 Å². The number of nitrogens with one attached hydrogen (secondary N) is 1. The van der Waals surface area contributed by atoms with Crippen LogP contribution >= 0.6 is 0 Å². The average Bonchev–Trinajstić information content (AvgIpc) is 3.05. The highest BCUT2D eigenvalue weighted by molar-refractivity contribution is 5.98. The van der Waals surface area contributed by atoms with Crippen molar-refractivity contribution in [3.05, 3.63) is 35.4 Å². The summed E-state index contributed by atoms with van der Waals surface area (Å²) < 4.78 is 0. The lowest BCUT2D eigenvalue weighted by Gasteiger charge is -2.15. The van der Waals surface area contributed by atoms with E-state index in [0.29, 0.717) is 25.3 Å². The number of hydrogen-bond donors (Lipinski definition) is 3. The third-order valence-corrected chi connectivity index (χ3v) is 3.92. The molecule has 22 heavy (non-hydrogen) atoms. The Morgan fingerprint density at radius 1 is 1.36 bits per heavy atom. The molecule has 1 aliphatic heterocycles. The van der Waals surface area contributed by atoms with Crippen LogP contribution in [0.4, 0.5) is 11.5 Å². The van der Waals surface area contributed by atoms with Crippen LogP contribution in [0.3, 0.4) is 0 Å². The highest BCUT2D eigenvalue weighted by Gasteiger charge is 2.12. The zero-order valence-electron chi connectivity index (χ0n) is 12.6. The Balaban J connectivity index is 2.04. The van der Waals surface area contributed by atoms with Crippen LogP contribution in [-0.2, 0) is 0 Å². The van der Waals surface area contributed by atoms with E-state index in [1.807, 2.05) is 19.2 Å². The maximum absolute atomic E-state index is 8.94. The Labute approximate surface area is 129 Å². The number of nitrogen functional groups attached to an aromatic ring is 1. The van der Waals surface area contributed by atoms with E-state index in [4.69, 9.17) is 10.8 Å². The smallest absolute Gasteiger partial charge is 0.129 e. The summed E-state index contributed by atoms with van der Waals surface area (Å²) in [5.74, 6) is 0.535. The van der Waals surface area contributed by atoms with Crippen LogP contribution in [0.2, 0.25) is 0 Å². The summed E-state index contributed by atoms with van der Waals surface area (Å²) in [7, 11) is 0. The van der Waals surface area contributed by atoms with Crippen molar-refractivity contribution < 1.29 is 5.11 Å². The molecule has 1 aliphatic rings. The minimum atomic E-state index is 0.169. The van der Waals surface area contributed by atoms with Crippen LogP contribution in [0, 0.1) is 6.92 Å². The standard InChI is InChI=1S/C17H20N4O/c1-11-16(20-6-2-8-22)14-4-3-12(13-5-7-19-10-13)9-15(14)21-17(11)18/h3-5,7,9,22H,2,6,8,10H2,1H3,(H3,18,20,21). The summed E-state index contributed by atoms with van der Waals surface area (Å²) in [5.41, 5.74) is 11.2. The summed E-state index contributed by atoms with van der Waals surface area (Å²) in [6.07, 6.45) is 4.56. The molecule has 5 nitrogen and oxygen atoms in total. The van der Waals surface area contributed by atoms with Gasteiger partial charge in [0.2, 0.25) is 0 Å². The summed E-state index contributed by atoms with van der Waals surface area (Å²) in [6, 6.07) is 6.23. The molecule has 1 aromatic carbocycles. The van der Waals surface area contributed by atoms with Crippen LogP contribution in [0.25, 0.3) is 16.5 Å². The van der Waals surface area contributed by atoms with Crippen LogP contribution < -0.4 is 11.1 Å². The van der Waals surface area contributed by atoms with Crippen molar-refractivity contribution in [2.75, 3.05) is 30.7 Å². The van der Waals surface area contributed by atoms with Crippen molar-refractivity contribution in [1.29, 1.82) is 0 Å². The quantitative estimate of drug-likeness (QED) is 0.740. The molecule has 1 aromatic heterocycles. The number of nitrogens with two attached hydrogens (primary N) is 1. The van der Waals surface area contributed by atoms with E-state index in [-0.39, 0.29) is 6.61 Å². The van der Waals surface area contributed by atoms with Gasteiger partial charge in [-0.3, -0.25) is 4.99 Å². The van der Waals surface area contributed by atoms with Gasteiger partial charge in [-0.1, -0.05) is 12.1 Å². The Bertz CT molecular complexity index is 765. The fourth-order valence-electron chi connectivity index (χ4n) is 2.63. The van der Waals surface area contributed by atoms with Crippen molar-refractivity contribution in [2.45, 2.75) is 13.3 Å². The Morgan fingerprint density at radius 2 is 2.23 bits per heavy atom. The van der Waals surface area contributed by atoms with E-state index in [1.165, 1.54) is 5.57 Å². The van der Waals surface area contributed by atoms with E-state index in [2.05, 4.69) is 33.5 Å². The van der Waals surface area contributed by atoms with Crippen molar-refractivity contribution in [3.63, 3.8) is 0 Å². The fraction of sp³-hybridized carbons (Fsp3) is 0.294. The molecule has 0 aliphatic carbocycles. The highest BCUT2D eigenvalue weighted by Crippen LogP contribution is 2.31. The predicted octanol–water partition coefficient (Wildman–Crippen LogP) is 2.39. The number of pyridine rings is 1. The molecule has 2 aromatic rings. The second-order valence-corrected chi connectivity index (χ2v) is 5.41. The van der Waals surface area contributed by atoms with Crippen LogP contribution in [0.15, 0.2) is 29.3 Å². The third kappa shape index (κ3) is 2.67. The topological polar surface area (TPSA) is 83.5 Å². The van der Waals surface area contributed by atoms with Crippen LogP contribution in [0.1, 0.15) is 17.5 Å². The fourth-order valence-corrected chi connectivity index (χ4v) is 2.63. The minimum absolute atomic E-state index is 0.169. The van der Waals surface area contributed by atoms with E-state index in [1.54, 1.807) is 0 Å². The zero-order valence-corrected chi connectivity index (χ0v) is 12.6. The van der Waals surface area contributed by atoms with Crippen molar-refractivity contribution in [2.24, 2.45) is 4.99 Å². The molecule has 5 heteroatoms. The van der Waals surface area contributed by atoms with Crippen LogP contribution in [0.5, 0.6) is 0 Å². The third-order valence-electron chi connectivity index (χ3n) is 3.92. The molecular formula is C17H20N4O. The molecule has 0 amide bonds. The summed E-state index contributed by atoms with van der Waals surface area (Å²) in [4.78, 5) is 8.74. The van der Waals surface area contributed by atoms with Gasteiger partial charge in [-0.25, -0.2) is 4.98 Å². The predicted molar refractivity (Wildman–Crippen MR) is 92.4 cm³/mol.